The minimum absolute atomic E-state index is 0.261. The van der Waals surface area contributed by atoms with Gasteiger partial charge in [0.15, 0.2) is 12.0 Å². The quantitative estimate of drug-likeness (QED) is 0.464. The van der Waals surface area contributed by atoms with Gasteiger partial charge in [0.05, 0.1) is 5.88 Å². The minimum Gasteiger partial charge on any atom is -0.364 e. The van der Waals surface area contributed by atoms with E-state index in [0.717, 1.165) is 0 Å². The normalized spacial score (nSPS) is 9.44. The van der Waals surface area contributed by atoms with Crippen LogP contribution in [0, 0.1) is 0 Å². The first-order valence-corrected chi connectivity index (χ1v) is 2.86. The molecule has 1 rings (SSSR count). The number of hydrogen-bond donors (Lipinski definition) is 0. The smallest absolute Gasteiger partial charge is 0.172 e. The predicted molar refractivity (Wildman–Crippen MR) is 31.4 cm³/mol. The number of nitrogens with zero attached hydrogens (tertiary/aromatic N) is 1. The lowest BCUT2D eigenvalue weighted by Crippen LogP contribution is -1.83. The fourth-order valence-electron chi connectivity index (χ4n) is 0.463. The topological polar surface area (TPSA) is 43.1 Å². The highest BCUT2D eigenvalue weighted by atomic mass is 35.5. The van der Waals surface area contributed by atoms with Crippen LogP contribution < -0.4 is 0 Å². The summed E-state index contributed by atoms with van der Waals surface area (Å²) in [6, 6.07) is 0. The van der Waals surface area contributed by atoms with E-state index in [1.54, 1.807) is 0 Å². The van der Waals surface area contributed by atoms with Gasteiger partial charge in [-0.15, -0.1) is 11.6 Å². The van der Waals surface area contributed by atoms with Crippen molar-refractivity contribution in [3.05, 3.63) is 17.5 Å². The largest absolute Gasteiger partial charge is 0.364 e. The van der Waals surface area contributed by atoms with Crippen LogP contribution in [0.4, 0.5) is 0 Å². The summed E-state index contributed by atoms with van der Waals surface area (Å²) in [4.78, 5) is 10.1. The van der Waals surface area contributed by atoms with E-state index in [4.69, 9.17) is 11.6 Å². The fraction of sp³-hybridized carbons (Fsp3) is 0.200. The lowest BCUT2D eigenvalue weighted by molar-refractivity contribution is 0.111. The van der Waals surface area contributed by atoms with Crippen LogP contribution in [0.15, 0.2) is 10.8 Å². The molecule has 0 saturated carbocycles. The molecule has 1 aromatic heterocycles. The van der Waals surface area contributed by atoms with E-state index in [2.05, 4.69) is 9.68 Å². The summed E-state index contributed by atoms with van der Waals surface area (Å²) in [5, 5.41) is 3.38. The van der Waals surface area contributed by atoms with Crippen LogP contribution in [0.3, 0.4) is 0 Å². The van der Waals surface area contributed by atoms with Gasteiger partial charge in [-0.05, 0) is 0 Å². The molecule has 4 heteroatoms. The Kier molecular flexibility index (Phi) is 1.85. The molecule has 0 aliphatic carbocycles. The predicted octanol–water partition coefficient (Wildman–Crippen LogP) is 1.23. The van der Waals surface area contributed by atoms with Gasteiger partial charge < -0.3 is 4.52 Å². The van der Waals surface area contributed by atoms with E-state index in [1.807, 2.05) is 0 Å². The number of alkyl halides is 1. The molecule has 0 spiro atoms. The molecule has 0 N–H and O–H groups in total. The van der Waals surface area contributed by atoms with Crippen molar-refractivity contribution in [2.45, 2.75) is 5.88 Å². The highest BCUT2D eigenvalue weighted by molar-refractivity contribution is 6.17. The Bertz CT molecular complexity index is 208. The zero-order valence-electron chi connectivity index (χ0n) is 4.50. The Balaban J connectivity index is 2.98. The molecular weight excluding hydrogens is 142 g/mol. The first kappa shape index (κ1) is 6.29. The Morgan fingerprint density at radius 1 is 1.89 bits per heavy atom. The van der Waals surface area contributed by atoms with Crippen LogP contribution in [0.2, 0.25) is 0 Å². The lowest BCUT2D eigenvalue weighted by atomic mass is 10.3. The Morgan fingerprint density at radius 2 is 2.67 bits per heavy atom. The van der Waals surface area contributed by atoms with Crippen molar-refractivity contribution >= 4 is 17.9 Å². The maximum absolute atomic E-state index is 10.1. The van der Waals surface area contributed by atoms with Crippen molar-refractivity contribution in [1.29, 1.82) is 0 Å². The van der Waals surface area contributed by atoms with Gasteiger partial charge in [-0.25, -0.2) is 0 Å². The molecule has 9 heavy (non-hydrogen) atoms. The van der Waals surface area contributed by atoms with Crippen LogP contribution in [0.25, 0.3) is 0 Å². The van der Waals surface area contributed by atoms with E-state index < -0.39 is 0 Å². The number of aldehydes is 1. The van der Waals surface area contributed by atoms with Gasteiger partial charge >= 0.3 is 0 Å². The van der Waals surface area contributed by atoms with Crippen molar-refractivity contribution in [3.63, 3.8) is 0 Å². The summed E-state index contributed by atoms with van der Waals surface area (Å²) >= 11 is 5.39. The maximum Gasteiger partial charge on any atom is 0.172 e. The zero-order valence-corrected chi connectivity index (χ0v) is 5.26. The van der Waals surface area contributed by atoms with Crippen molar-refractivity contribution in [2.24, 2.45) is 0 Å². The molecule has 0 radical (unpaired) electrons. The zero-order chi connectivity index (χ0) is 6.69. The van der Waals surface area contributed by atoms with Crippen molar-refractivity contribution in [1.82, 2.24) is 5.16 Å². The van der Waals surface area contributed by atoms with Gasteiger partial charge in [0.1, 0.15) is 6.26 Å². The minimum atomic E-state index is 0.261. The first-order valence-electron chi connectivity index (χ1n) is 2.33. The maximum atomic E-state index is 10.1. The molecule has 3 nitrogen and oxygen atoms in total. The molecular formula is C5H4ClNO2. The van der Waals surface area contributed by atoms with Gasteiger partial charge in [-0.1, -0.05) is 5.16 Å². The summed E-state index contributed by atoms with van der Waals surface area (Å²) in [6.07, 6.45) is 1.97. The van der Waals surface area contributed by atoms with Crippen molar-refractivity contribution in [2.75, 3.05) is 0 Å². The highest BCUT2D eigenvalue weighted by Crippen LogP contribution is 2.06. The summed E-state index contributed by atoms with van der Waals surface area (Å²) in [5.41, 5.74) is 0.914. The second-order valence-corrected chi connectivity index (χ2v) is 1.74. The number of carbonyl (C=O) groups is 1. The van der Waals surface area contributed by atoms with Crippen molar-refractivity contribution in [3.8, 4) is 0 Å². The van der Waals surface area contributed by atoms with E-state index in [0.29, 0.717) is 11.8 Å². The summed E-state index contributed by atoms with van der Waals surface area (Å²) < 4.78 is 4.46. The second-order valence-electron chi connectivity index (χ2n) is 1.48. The van der Waals surface area contributed by atoms with Gasteiger partial charge in [-0.2, -0.15) is 0 Å². The summed E-state index contributed by atoms with van der Waals surface area (Å²) in [6.45, 7) is 0. The molecule has 0 amide bonds. The molecule has 0 aromatic carbocycles. The highest BCUT2D eigenvalue weighted by Gasteiger charge is 2.02. The number of halogens is 1. The van der Waals surface area contributed by atoms with Gasteiger partial charge in [0.25, 0.3) is 0 Å². The number of rotatable bonds is 2. The third-order valence-corrected chi connectivity index (χ3v) is 1.22. The first-order chi connectivity index (χ1) is 4.38. The van der Waals surface area contributed by atoms with Crippen LogP contribution in [0.1, 0.15) is 16.1 Å². The van der Waals surface area contributed by atoms with E-state index in [1.165, 1.54) is 6.26 Å². The van der Waals surface area contributed by atoms with Gasteiger partial charge in [0, 0.05) is 5.56 Å². The van der Waals surface area contributed by atoms with Gasteiger partial charge in [0.2, 0.25) is 0 Å². The number of hydrogen-bond acceptors (Lipinski definition) is 3. The van der Waals surface area contributed by atoms with Crippen molar-refractivity contribution < 1.29 is 9.32 Å². The van der Waals surface area contributed by atoms with Crippen LogP contribution in [-0.4, -0.2) is 11.4 Å². The fourth-order valence-corrected chi connectivity index (χ4v) is 0.663. The van der Waals surface area contributed by atoms with E-state index >= 15 is 0 Å². The molecule has 1 heterocycles. The van der Waals surface area contributed by atoms with E-state index in [9.17, 15) is 4.79 Å². The molecule has 0 aliphatic heterocycles. The summed E-state index contributed by atoms with van der Waals surface area (Å²) in [7, 11) is 0. The third-order valence-electron chi connectivity index (χ3n) is 0.931. The molecule has 0 saturated heterocycles. The van der Waals surface area contributed by atoms with Crippen LogP contribution >= 0.6 is 11.6 Å². The summed E-state index contributed by atoms with van der Waals surface area (Å²) in [5.74, 6) is 0.261. The van der Waals surface area contributed by atoms with Gasteiger partial charge in [-0.3, -0.25) is 4.79 Å². The molecule has 0 unspecified atom stereocenters. The molecule has 0 aliphatic rings. The molecule has 0 bridgehead atoms. The molecule has 0 fully saturated rings. The van der Waals surface area contributed by atoms with Crippen LogP contribution in [0.5, 0.6) is 0 Å². The molecule has 1 aromatic rings. The molecule has 0 atom stereocenters. The Hall–Kier alpha value is -0.830. The van der Waals surface area contributed by atoms with E-state index in [-0.39, 0.29) is 11.6 Å². The standard InChI is InChI=1S/C5H4ClNO2/c6-1-4-3-9-7-5(4)2-8/h2-3H,1H2. The average molecular weight is 146 g/mol. The number of carbonyl (C=O) groups excluding carboxylic acids is 1. The Morgan fingerprint density at radius 3 is 3.11 bits per heavy atom. The Labute approximate surface area is 56.6 Å². The lowest BCUT2D eigenvalue weighted by Gasteiger charge is -1.80. The van der Waals surface area contributed by atoms with Crippen LogP contribution in [-0.2, 0) is 5.88 Å². The SMILES string of the molecule is O=Cc1nocc1CCl. The second kappa shape index (κ2) is 2.64. The molecule has 48 valence electrons. The third kappa shape index (κ3) is 1.10. The number of aromatic nitrogens is 1. The monoisotopic (exact) mass is 145 g/mol. The average Bonchev–Trinajstić information content (AvgIpc) is 2.33.